The highest BCUT2D eigenvalue weighted by Gasteiger charge is 2.31. The lowest BCUT2D eigenvalue weighted by Gasteiger charge is -2.25. The standard InChI is InChI=1S/C43H60N10O19/c44-51-48-20-36(59)50-29(32(55)13-11-26-7-9-27(25-54)10-8-26)19-35(58)46-18-15-34(57)49-28(41(68)47-17-4-2-6-31(43(71)72)53(23-39(64)65)24-40(66)67)12-14-33(56)45-16-3-1-5-30(42(69)70)52(21-37(60)61)22-38(62)63/h7-10,25,28-31H,1-6,11-24H2,(H,45,56)(H,46,58)(H,47,68)(H,49,57)(H,50,59)(H,60,61)(H,62,63)(H,64,65)(H,66,67)(H,69,70)(H,71,72). The fourth-order valence-electron chi connectivity index (χ4n) is 6.92. The number of carboxylic acid groups (broad SMARTS) is 6. The van der Waals surface area contributed by atoms with Crippen LogP contribution in [0.4, 0.5) is 0 Å². The predicted molar refractivity (Wildman–Crippen MR) is 245 cm³/mol. The summed E-state index contributed by atoms with van der Waals surface area (Å²) in [6.07, 6.45) is -0.856. The summed E-state index contributed by atoms with van der Waals surface area (Å²) in [7, 11) is 0. The van der Waals surface area contributed by atoms with Crippen LogP contribution in [0.25, 0.3) is 10.4 Å². The lowest BCUT2D eigenvalue weighted by Crippen LogP contribution is -2.48. The lowest BCUT2D eigenvalue weighted by molar-refractivity contribution is -0.152. The van der Waals surface area contributed by atoms with Gasteiger partial charge in [-0.2, -0.15) is 0 Å². The normalized spacial score (nSPS) is 12.4. The van der Waals surface area contributed by atoms with Crippen LogP contribution >= 0.6 is 0 Å². The Hall–Kier alpha value is -8.04. The van der Waals surface area contributed by atoms with Crippen LogP contribution in [-0.4, -0.2) is 194 Å². The Bertz CT molecular complexity index is 2100. The van der Waals surface area contributed by atoms with E-state index in [0.29, 0.717) is 17.4 Å². The molecule has 396 valence electrons. The monoisotopic (exact) mass is 1020 g/mol. The number of carbonyl (C=O) groups is 13. The number of aliphatic carboxylic acids is 6. The maximum Gasteiger partial charge on any atom is 0.320 e. The van der Waals surface area contributed by atoms with Gasteiger partial charge in [-0.1, -0.05) is 29.4 Å². The molecule has 4 atom stereocenters. The zero-order valence-corrected chi connectivity index (χ0v) is 39.1. The number of unbranched alkanes of at least 4 members (excludes halogenated alkanes) is 2. The minimum Gasteiger partial charge on any atom is -0.480 e. The summed E-state index contributed by atoms with van der Waals surface area (Å²) in [6, 6.07) is 0.665. The molecule has 0 aliphatic rings. The highest BCUT2D eigenvalue weighted by atomic mass is 16.4. The highest BCUT2D eigenvalue weighted by Crippen LogP contribution is 2.13. The van der Waals surface area contributed by atoms with Crippen LogP contribution < -0.4 is 26.6 Å². The van der Waals surface area contributed by atoms with Crippen molar-refractivity contribution in [2.75, 3.05) is 52.4 Å². The number of ketones is 1. The molecule has 0 radical (unpaired) electrons. The third-order valence-corrected chi connectivity index (χ3v) is 10.4. The number of Topliss-reactive ketones (excluding diaryl/α,β-unsaturated/α-hetero) is 1. The van der Waals surface area contributed by atoms with E-state index < -0.39 is 141 Å². The maximum atomic E-state index is 13.4. The van der Waals surface area contributed by atoms with Gasteiger partial charge in [-0.15, -0.1) is 0 Å². The van der Waals surface area contributed by atoms with Gasteiger partial charge in [0.25, 0.3) is 0 Å². The van der Waals surface area contributed by atoms with Gasteiger partial charge in [-0.25, -0.2) is 0 Å². The first-order chi connectivity index (χ1) is 34.1. The van der Waals surface area contributed by atoms with Crippen LogP contribution in [0.5, 0.6) is 0 Å². The summed E-state index contributed by atoms with van der Waals surface area (Å²) in [4.78, 5) is 161. The summed E-state index contributed by atoms with van der Waals surface area (Å²) in [6.45, 7) is -4.56. The zero-order valence-electron chi connectivity index (χ0n) is 39.1. The number of carboxylic acids is 6. The first-order valence-electron chi connectivity index (χ1n) is 22.3. The van der Waals surface area contributed by atoms with Crippen molar-refractivity contribution in [2.24, 2.45) is 5.11 Å². The number of nitrogens with zero attached hydrogens (tertiary/aromatic N) is 5. The second kappa shape index (κ2) is 34.3. The van der Waals surface area contributed by atoms with Crippen molar-refractivity contribution in [1.82, 2.24) is 36.4 Å². The molecule has 0 aliphatic heterocycles. The summed E-state index contributed by atoms with van der Waals surface area (Å²) >= 11 is 0. The molecule has 0 saturated carbocycles. The van der Waals surface area contributed by atoms with Gasteiger partial charge >= 0.3 is 35.8 Å². The molecule has 5 amide bonds. The van der Waals surface area contributed by atoms with Crippen molar-refractivity contribution in [3.05, 3.63) is 45.8 Å². The molecule has 0 aliphatic carbocycles. The number of hydrogen-bond acceptors (Lipinski definition) is 16. The first-order valence-corrected chi connectivity index (χ1v) is 22.3. The topological polar surface area (TPSA) is 459 Å². The fraction of sp³-hybridized carbons (Fsp3) is 0.558. The summed E-state index contributed by atoms with van der Waals surface area (Å²) in [5, 5.41) is 71.2. The molecular weight excluding hydrogens is 961 g/mol. The van der Waals surface area contributed by atoms with E-state index in [0.717, 1.165) is 9.80 Å². The Balaban J connectivity index is 2.99. The molecule has 0 spiro atoms. The van der Waals surface area contributed by atoms with E-state index in [1.807, 2.05) is 0 Å². The molecule has 0 bridgehead atoms. The number of benzene rings is 1. The number of azide groups is 1. The Morgan fingerprint density at radius 3 is 1.53 bits per heavy atom. The van der Waals surface area contributed by atoms with Crippen molar-refractivity contribution in [1.29, 1.82) is 0 Å². The third kappa shape index (κ3) is 27.2. The van der Waals surface area contributed by atoms with Crippen molar-refractivity contribution in [2.45, 2.75) is 101 Å². The van der Waals surface area contributed by atoms with E-state index in [4.69, 9.17) is 26.0 Å². The second-order valence-corrected chi connectivity index (χ2v) is 16.0. The molecule has 1 aromatic rings. The molecule has 11 N–H and O–H groups in total. The lowest BCUT2D eigenvalue weighted by atomic mass is 10.00. The van der Waals surface area contributed by atoms with E-state index in [-0.39, 0.29) is 83.8 Å². The Kier molecular flexibility index (Phi) is 29.5. The van der Waals surface area contributed by atoms with Crippen molar-refractivity contribution in [3.63, 3.8) is 0 Å². The average molecular weight is 1020 g/mol. The molecule has 0 aromatic heterocycles. The first kappa shape index (κ1) is 62.0. The quantitative estimate of drug-likeness (QED) is 0.0116. The molecule has 29 heteroatoms. The van der Waals surface area contributed by atoms with Gasteiger partial charge in [-0.3, -0.25) is 72.1 Å². The van der Waals surface area contributed by atoms with Gasteiger partial charge in [0.05, 0.1) is 38.6 Å². The van der Waals surface area contributed by atoms with Crippen molar-refractivity contribution >= 4 is 77.4 Å². The zero-order chi connectivity index (χ0) is 54.2. The van der Waals surface area contributed by atoms with Crippen LogP contribution in [0.2, 0.25) is 0 Å². The van der Waals surface area contributed by atoms with Crippen LogP contribution in [0.1, 0.15) is 86.6 Å². The van der Waals surface area contributed by atoms with Crippen LogP contribution in [0.3, 0.4) is 0 Å². The molecule has 1 rings (SSSR count). The van der Waals surface area contributed by atoms with E-state index in [1.54, 1.807) is 24.3 Å². The number of rotatable bonds is 40. The van der Waals surface area contributed by atoms with Crippen LogP contribution in [0.15, 0.2) is 29.4 Å². The minimum atomic E-state index is -1.49. The van der Waals surface area contributed by atoms with Gasteiger partial charge in [0.2, 0.25) is 29.5 Å². The van der Waals surface area contributed by atoms with E-state index in [9.17, 15) is 72.5 Å². The van der Waals surface area contributed by atoms with Crippen molar-refractivity contribution < 1.29 is 93.0 Å². The van der Waals surface area contributed by atoms with Crippen molar-refractivity contribution in [3.8, 4) is 0 Å². The fourth-order valence-corrected chi connectivity index (χ4v) is 6.92. The van der Waals surface area contributed by atoms with Crippen LogP contribution in [0, 0.1) is 0 Å². The molecule has 0 fully saturated rings. The summed E-state index contributed by atoms with van der Waals surface area (Å²) in [5.41, 5.74) is 9.66. The molecule has 29 nitrogen and oxygen atoms in total. The molecular formula is C43H60N10O19. The smallest absolute Gasteiger partial charge is 0.320 e. The van der Waals surface area contributed by atoms with Gasteiger partial charge in [-0.05, 0) is 62.5 Å². The minimum absolute atomic E-state index is 0.0140. The Morgan fingerprint density at radius 1 is 0.569 bits per heavy atom. The molecule has 4 unspecified atom stereocenters. The molecule has 0 saturated heterocycles. The van der Waals surface area contributed by atoms with E-state index in [1.165, 1.54) is 0 Å². The average Bonchev–Trinajstić information content (AvgIpc) is 3.29. The Morgan fingerprint density at radius 2 is 1.06 bits per heavy atom. The third-order valence-electron chi connectivity index (χ3n) is 10.4. The van der Waals surface area contributed by atoms with Gasteiger partial charge in [0, 0.05) is 49.4 Å². The van der Waals surface area contributed by atoms with Gasteiger partial charge in [0.1, 0.15) is 31.0 Å². The number of aldehydes is 1. The highest BCUT2D eigenvalue weighted by molar-refractivity contribution is 5.94. The number of aryl methyl sites for hydroxylation is 1. The van der Waals surface area contributed by atoms with Crippen LogP contribution in [-0.2, 0) is 64.0 Å². The van der Waals surface area contributed by atoms with E-state index in [2.05, 4.69) is 36.6 Å². The summed E-state index contributed by atoms with van der Waals surface area (Å²) in [5.74, 6) is -13.1. The van der Waals surface area contributed by atoms with E-state index >= 15 is 0 Å². The molecule has 72 heavy (non-hydrogen) atoms. The van der Waals surface area contributed by atoms with Gasteiger partial charge < -0.3 is 57.2 Å². The number of nitrogens with one attached hydrogen (secondary N) is 5. The Labute approximate surface area is 410 Å². The SMILES string of the molecule is [N-]=[N+]=NCC(=O)NC(CC(=O)NCCC(=O)NC(CCC(=O)NCCCCC(C(=O)O)N(CC(=O)O)CC(=O)O)C(=O)NCCCCC(C(=O)O)N(CC(=O)O)CC(=O)O)C(=O)CCc1ccc(C=O)cc1. The number of hydrogen-bond donors (Lipinski definition) is 11. The second-order valence-electron chi connectivity index (χ2n) is 16.0. The predicted octanol–water partition coefficient (Wildman–Crippen LogP) is -1.62. The summed E-state index contributed by atoms with van der Waals surface area (Å²) < 4.78 is 0. The number of carbonyl (C=O) groups excluding carboxylic acids is 7. The molecule has 1 aromatic carbocycles. The number of amides is 5. The largest absolute Gasteiger partial charge is 0.480 e. The maximum absolute atomic E-state index is 13.4. The van der Waals surface area contributed by atoms with Gasteiger partial charge in [0.15, 0.2) is 5.78 Å². The molecule has 0 heterocycles.